The Balaban J connectivity index is 1.77. The SMILES string of the molecule is Cc1cc(C)c(NC(=O)CN(C)[C@@H](C)/C(O)=C(\C#N)c2nc3ccccc3[nH]2)c(C)c1. The third-order valence-electron chi connectivity index (χ3n) is 5.39. The zero-order chi connectivity index (χ0) is 22.7. The van der Waals surface area contributed by atoms with Gasteiger partial charge >= 0.3 is 0 Å². The summed E-state index contributed by atoms with van der Waals surface area (Å²) < 4.78 is 0. The van der Waals surface area contributed by atoms with E-state index in [1.807, 2.05) is 63.2 Å². The fourth-order valence-corrected chi connectivity index (χ4v) is 3.64. The van der Waals surface area contributed by atoms with E-state index in [-0.39, 0.29) is 23.8 Å². The molecule has 1 amide bonds. The van der Waals surface area contributed by atoms with E-state index in [4.69, 9.17) is 0 Å². The lowest BCUT2D eigenvalue weighted by molar-refractivity contribution is -0.117. The standard InChI is InChI=1S/C24H27N5O2/c1-14-10-15(2)22(16(3)11-14)28-21(30)13-29(5)17(4)23(31)18(12-25)24-26-19-8-6-7-9-20(19)27-24/h6-11,17,31H,13H2,1-5H3,(H,26,27)(H,28,30)/b23-18-/t17-/m0/s1. The number of anilines is 1. The maximum atomic E-state index is 12.6. The molecule has 0 saturated heterocycles. The second-order valence-corrected chi connectivity index (χ2v) is 7.89. The number of fused-ring (bicyclic) bond motifs is 1. The van der Waals surface area contributed by atoms with Crippen molar-refractivity contribution in [1.29, 1.82) is 5.26 Å². The molecule has 2 aromatic carbocycles. The van der Waals surface area contributed by atoms with Gasteiger partial charge < -0.3 is 15.4 Å². The number of H-pyrrole nitrogens is 1. The highest BCUT2D eigenvalue weighted by atomic mass is 16.3. The molecule has 3 aromatic rings. The summed E-state index contributed by atoms with van der Waals surface area (Å²) in [6, 6.07) is 12.9. The van der Waals surface area contributed by atoms with E-state index in [1.165, 1.54) is 0 Å². The van der Waals surface area contributed by atoms with Crippen LogP contribution >= 0.6 is 0 Å². The Labute approximate surface area is 182 Å². The molecule has 7 nitrogen and oxygen atoms in total. The summed E-state index contributed by atoms with van der Waals surface area (Å²) in [6.45, 7) is 7.73. The summed E-state index contributed by atoms with van der Waals surface area (Å²) >= 11 is 0. The first-order valence-corrected chi connectivity index (χ1v) is 10.1. The van der Waals surface area contributed by atoms with Crippen molar-refractivity contribution in [2.75, 3.05) is 18.9 Å². The number of nitrogens with zero attached hydrogens (tertiary/aromatic N) is 3. The maximum Gasteiger partial charge on any atom is 0.238 e. The lowest BCUT2D eigenvalue weighted by atomic mass is 10.1. The van der Waals surface area contributed by atoms with Crippen molar-refractivity contribution >= 4 is 28.2 Å². The summed E-state index contributed by atoms with van der Waals surface area (Å²) in [7, 11) is 1.73. The van der Waals surface area contributed by atoms with Crippen molar-refractivity contribution in [1.82, 2.24) is 14.9 Å². The third-order valence-corrected chi connectivity index (χ3v) is 5.39. The van der Waals surface area contributed by atoms with Crippen LogP contribution in [0, 0.1) is 32.1 Å². The number of likely N-dealkylation sites (N-methyl/N-ethyl adjacent to an activating group) is 1. The Morgan fingerprint density at radius 1 is 1.26 bits per heavy atom. The lowest BCUT2D eigenvalue weighted by Crippen LogP contribution is -2.38. The summed E-state index contributed by atoms with van der Waals surface area (Å²) in [6.07, 6.45) is 0. The molecule has 7 heteroatoms. The number of hydrogen-bond donors (Lipinski definition) is 3. The zero-order valence-electron chi connectivity index (χ0n) is 18.4. The van der Waals surface area contributed by atoms with E-state index >= 15 is 0 Å². The number of carbonyl (C=O) groups is 1. The van der Waals surface area contributed by atoms with Gasteiger partial charge in [0.05, 0.1) is 23.6 Å². The molecule has 0 radical (unpaired) electrons. The average Bonchev–Trinajstić information content (AvgIpc) is 3.14. The lowest BCUT2D eigenvalue weighted by Gasteiger charge is -2.24. The van der Waals surface area contributed by atoms with Gasteiger partial charge in [-0.15, -0.1) is 0 Å². The van der Waals surface area contributed by atoms with Crippen molar-refractivity contribution in [3.8, 4) is 6.07 Å². The van der Waals surface area contributed by atoms with Crippen LogP contribution in [0.2, 0.25) is 0 Å². The van der Waals surface area contributed by atoms with Crippen LogP contribution in [0.3, 0.4) is 0 Å². The minimum atomic E-state index is -0.561. The number of carbonyl (C=O) groups excluding carboxylic acids is 1. The normalized spacial score (nSPS) is 13.1. The second-order valence-electron chi connectivity index (χ2n) is 7.89. The smallest absolute Gasteiger partial charge is 0.238 e. The minimum absolute atomic E-state index is 0.0524. The largest absolute Gasteiger partial charge is 0.509 e. The monoisotopic (exact) mass is 417 g/mol. The molecule has 1 aromatic heterocycles. The molecule has 0 aliphatic carbocycles. The van der Waals surface area contributed by atoms with Gasteiger partial charge in [-0.2, -0.15) is 5.26 Å². The number of benzene rings is 2. The molecule has 1 heterocycles. The van der Waals surface area contributed by atoms with E-state index in [9.17, 15) is 15.2 Å². The molecule has 0 fully saturated rings. The van der Waals surface area contributed by atoms with Gasteiger partial charge in [0, 0.05) is 5.69 Å². The van der Waals surface area contributed by atoms with Crippen molar-refractivity contribution in [3.05, 3.63) is 64.7 Å². The summed E-state index contributed by atoms with van der Waals surface area (Å²) in [5, 5.41) is 23.4. The predicted octanol–water partition coefficient (Wildman–Crippen LogP) is 4.24. The quantitative estimate of drug-likeness (QED) is 0.411. The molecule has 1 atom stereocenters. The molecule has 0 aliphatic rings. The molecular weight excluding hydrogens is 390 g/mol. The van der Waals surface area contributed by atoms with Crippen molar-refractivity contribution in [2.45, 2.75) is 33.7 Å². The highest BCUT2D eigenvalue weighted by Gasteiger charge is 2.23. The van der Waals surface area contributed by atoms with Gasteiger partial charge in [0.25, 0.3) is 0 Å². The van der Waals surface area contributed by atoms with Crippen LogP contribution in [0.15, 0.2) is 42.2 Å². The van der Waals surface area contributed by atoms with Crippen LogP contribution in [0.5, 0.6) is 0 Å². The topological polar surface area (TPSA) is 105 Å². The van der Waals surface area contributed by atoms with Crippen LogP contribution < -0.4 is 5.32 Å². The number of rotatable bonds is 6. The second kappa shape index (κ2) is 9.02. The van der Waals surface area contributed by atoms with Crippen LogP contribution in [0.1, 0.15) is 29.4 Å². The Morgan fingerprint density at radius 3 is 2.52 bits per heavy atom. The Hall–Kier alpha value is -3.63. The molecular formula is C24H27N5O2. The van der Waals surface area contributed by atoms with Gasteiger partial charge in [-0.3, -0.25) is 9.69 Å². The maximum absolute atomic E-state index is 12.6. The van der Waals surface area contributed by atoms with Crippen LogP contribution in [-0.2, 0) is 4.79 Å². The first-order chi connectivity index (χ1) is 14.7. The Bertz CT molecular complexity index is 1150. The molecule has 0 unspecified atom stereocenters. The first-order valence-electron chi connectivity index (χ1n) is 10.1. The number of nitriles is 1. The number of aryl methyl sites for hydroxylation is 3. The Morgan fingerprint density at radius 2 is 1.90 bits per heavy atom. The molecule has 160 valence electrons. The van der Waals surface area contributed by atoms with Gasteiger partial charge in [0.1, 0.15) is 17.4 Å². The number of aromatic amines is 1. The van der Waals surface area contributed by atoms with Gasteiger partial charge in [-0.05, 0) is 58.0 Å². The van der Waals surface area contributed by atoms with Crippen LogP contribution in [0.4, 0.5) is 5.69 Å². The number of aromatic nitrogens is 2. The Kier molecular flexibility index (Phi) is 6.42. The minimum Gasteiger partial charge on any atom is -0.509 e. The first kappa shape index (κ1) is 22.1. The molecule has 31 heavy (non-hydrogen) atoms. The number of nitrogens with one attached hydrogen (secondary N) is 2. The number of allylic oxidation sites excluding steroid dienone is 1. The zero-order valence-corrected chi connectivity index (χ0v) is 18.4. The molecule has 0 spiro atoms. The van der Waals surface area contributed by atoms with E-state index in [0.717, 1.165) is 27.9 Å². The van der Waals surface area contributed by atoms with Crippen molar-refractivity contribution in [2.24, 2.45) is 0 Å². The number of imidazole rings is 1. The molecule has 0 saturated carbocycles. The van der Waals surface area contributed by atoms with Crippen molar-refractivity contribution < 1.29 is 9.90 Å². The van der Waals surface area contributed by atoms with Gasteiger partial charge in [0.2, 0.25) is 5.91 Å². The fraction of sp³-hybridized carbons (Fsp3) is 0.292. The number of amides is 1. The number of para-hydroxylation sites is 2. The predicted molar refractivity (Wildman–Crippen MR) is 123 cm³/mol. The average molecular weight is 418 g/mol. The summed E-state index contributed by atoms with van der Waals surface area (Å²) in [4.78, 5) is 21.8. The van der Waals surface area contributed by atoms with Crippen molar-refractivity contribution in [3.63, 3.8) is 0 Å². The number of hydrogen-bond acceptors (Lipinski definition) is 5. The number of aliphatic hydroxyl groups excluding tert-OH is 1. The molecule has 0 aliphatic heterocycles. The number of aliphatic hydroxyl groups is 1. The molecule has 3 rings (SSSR count). The van der Waals surface area contributed by atoms with E-state index < -0.39 is 6.04 Å². The highest BCUT2D eigenvalue weighted by molar-refractivity contribution is 5.94. The molecule has 3 N–H and O–H groups in total. The fourth-order valence-electron chi connectivity index (χ4n) is 3.64. The van der Waals surface area contributed by atoms with E-state index in [1.54, 1.807) is 18.9 Å². The summed E-state index contributed by atoms with van der Waals surface area (Å²) in [5.41, 5.74) is 5.49. The van der Waals surface area contributed by atoms with Gasteiger partial charge in [-0.25, -0.2) is 4.98 Å². The molecule has 0 bridgehead atoms. The third kappa shape index (κ3) is 4.76. The van der Waals surface area contributed by atoms with E-state index in [0.29, 0.717) is 11.3 Å². The van der Waals surface area contributed by atoms with Gasteiger partial charge in [0.15, 0.2) is 5.82 Å². The van der Waals surface area contributed by atoms with E-state index in [2.05, 4.69) is 15.3 Å². The van der Waals surface area contributed by atoms with Crippen LogP contribution in [0.25, 0.3) is 16.6 Å². The van der Waals surface area contributed by atoms with Gasteiger partial charge in [-0.1, -0.05) is 29.8 Å². The summed E-state index contributed by atoms with van der Waals surface area (Å²) in [5.74, 6) is -0.0317. The highest BCUT2D eigenvalue weighted by Crippen LogP contribution is 2.23. The van der Waals surface area contributed by atoms with Crippen LogP contribution in [-0.4, -0.2) is 45.5 Å².